The van der Waals surface area contributed by atoms with Gasteiger partial charge in [0.15, 0.2) is 0 Å². The zero-order valence-electron chi connectivity index (χ0n) is 9.27. The van der Waals surface area contributed by atoms with Gasteiger partial charge in [-0.05, 0) is 37.0 Å². The Morgan fingerprint density at radius 3 is 2.76 bits per heavy atom. The lowest BCUT2D eigenvalue weighted by Gasteiger charge is -2.12. The number of hydrogen-bond donors (Lipinski definition) is 2. The first-order chi connectivity index (χ1) is 7.99. The van der Waals surface area contributed by atoms with Crippen LogP contribution in [0.2, 0.25) is 0 Å². The fourth-order valence-electron chi connectivity index (χ4n) is 1.61. The van der Waals surface area contributed by atoms with Gasteiger partial charge >= 0.3 is 0 Å². The van der Waals surface area contributed by atoms with Crippen molar-refractivity contribution in [1.29, 1.82) is 0 Å². The first-order valence-electron chi connectivity index (χ1n) is 5.50. The minimum Gasteiger partial charge on any atom is -0.326 e. The Hall–Kier alpha value is -0.980. The van der Waals surface area contributed by atoms with E-state index < -0.39 is 15.8 Å². The molecule has 1 unspecified atom stereocenters. The van der Waals surface area contributed by atoms with Crippen molar-refractivity contribution in [2.24, 2.45) is 11.7 Å². The molecule has 1 aromatic rings. The summed E-state index contributed by atoms with van der Waals surface area (Å²) in [5.41, 5.74) is 5.79. The van der Waals surface area contributed by atoms with E-state index in [9.17, 15) is 12.8 Å². The number of benzene rings is 1. The number of nitrogens with two attached hydrogens (primary N) is 1. The summed E-state index contributed by atoms with van der Waals surface area (Å²) < 4.78 is 38.9. The lowest BCUT2D eigenvalue weighted by molar-refractivity contribution is 0.546. The summed E-state index contributed by atoms with van der Waals surface area (Å²) in [7, 11) is -3.65. The third-order valence-electron chi connectivity index (χ3n) is 2.84. The molecule has 1 aliphatic carbocycles. The van der Waals surface area contributed by atoms with Crippen LogP contribution < -0.4 is 10.5 Å². The molecule has 0 amide bonds. The highest BCUT2D eigenvalue weighted by Gasteiger charge is 2.29. The Labute approximate surface area is 100 Å². The lowest BCUT2D eigenvalue weighted by Crippen LogP contribution is -2.38. The summed E-state index contributed by atoms with van der Waals surface area (Å²) >= 11 is 0. The van der Waals surface area contributed by atoms with Gasteiger partial charge in [-0.2, -0.15) is 0 Å². The SMILES string of the molecule is NC(CNS(=O)(=O)c1cccc(F)c1)C1CC1. The van der Waals surface area contributed by atoms with Gasteiger partial charge in [0, 0.05) is 12.6 Å². The third kappa shape index (κ3) is 3.24. The number of halogens is 1. The third-order valence-corrected chi connectivity index (χ3v) is 4.26. The van der Waals surface area contributed by atoms with Gasteiger partial charge in [-0.25, -0.2) is 17.5 Å². The molecule has 94 valence electrons. The molecular formula is C11H15FN2O2S. The van der Waals surface area contributed by atoms with Crippen molar-refractivity contribution >= 4 is 10.0 Å². The van der Waals surface area contributed by atoms with Crippen LogP contribution in [0.15, 0.2) is 29.2 Å². The zero-order chi connectivity index (χ0) is 12.5. The van der Waals surface area contributed by atoms with Crippen molar-refractivity contribution < 1.29 is 12.8 Å². The maximum absolute atomic E-state index is 12.9. The second-order valence-electron chi connectivity index (χ2n) is 4.31. The molecule has 17 heavy (non-hydrogen) atoms. The van der Waals surface area contributed by atoms with Crippen molar-refractivity contribution in [3.8, 4) is 0 Å². The fraction of sp³-hybridized carbons (Fsp3) is 0.455. The molecule has 0 spiro atoms. The van der Waals surface area contributed by atoms with E-state index in [0.29, 0.717) is 5.92 Å². The molecule has 2 rings (SSSR count). The molecule has 1 aromatic carbocycles. The molecular weight excluding hydrogens is 243 g/mol. The van der Waals surface area contributed by atoms with Crippen molar-refractivity contribution in [3.63, 3.8) is 0 Å². The van der Waals surface area contributed by atoms with E-state index >= 15 is 0 Å². The average Bonchev–Trinajstić information content (AvgIpc) is 3.10. The van der Waals surface area contributed by atoms with Crippen LogP contribution in [-0.2, 0) is 10.0 Å². The molecule has 0 bridgehead atoms. The van der Waals surface area contributed by atoms with Crippen LogP contribution in [0.4, 0.5) is 4.39 Å². The monoisotopic (exact) mass is 258 g/mol. The van der Waals surface area contributed by atoms with Crippen molar-refractivity contribution in [3.05, 3.63) is 30.1 Å². The molecule has 0 heterocycles. The standard InChI is InChI=1S/C11H15FN2O2S/c12-9-2-1-3-10(6-9)17(15,16)14-7-11(13)8-4-5-8/h1-3,6,8,11,14H,4-5,7,13H2. The molecule has 1 aliphatic rings. The van der Waals surface area contributed by atoms with E-state index in [1.807, 2.05) is 0 Å². The van der Waals surface area contributed by atoms with Gasteiger partial charge in [0.25, 0.3) is 0 Å². The molecule has 4 nitrogen and oxygen atoms in total. The fourth-order valence-corrected chi connectivity index (χ4v) is 2.72. The maximum Gasteiger partial charge on any atom is 0.240 e. The Morgan fingerprint density at radius 2 is 2.18 bits per heavy atom. The first-order valence-corrected chi connectivity index (χ1v) is 6.98. The second-order valence-corrected chi connectivity index (χ2v) is 6.08. The van der Waals surface area contributed by atoms with Gasteiger partial charge < -0.3 is 5.73 Å². The highest BCUT2D eigenvalue weighted by Crippen LogP contribution is 2.31. The van der Waals surface area contributed by atoms with E-state index in [0.717, 1.165) is 18.9 Å². The maximum atomic E-state index is 12.9. The molecule has 0 aliphatic heterocycles. The van der Waals surface area contributed by atoms with Gasteiger partial charge in [0.05, 0.1) is 4.90 Å². The molecule has 1 saturated carbocycles. The Kier molecular flexibility index (Phi) is 3.46. The Bertz CT molecular complexity index is 500. The van der Waals surface area contributed by atoms with Crippen LogP contribution in [0.1, 0.15) is 12.8 Å². The highest BCUT2D eigenvalue weighted by atomic mass is 32.2. The van der Waals surface area contributed by atoms with Gasteiger partial charge in [-0.15, -0.1) is 0 Å². The predicted molar refractivity (Wildman–Crippen MR) is 62.3 cm³/mol. The quantitative estimate of drug-likeness (QED) is 0.822. The molecule has 0 radical (unpaired) electrons. The van der Waals surface area contributed by atoms with Gasteiger partial charge in [-0.1, -0.05) is 6.07 Å². The van der Waals surface area contributed by atoms with Crippen molar-refractivity contribution in [1.82, 2.24) is 4.72 Å². The molecule has 0 saturated heterocycles. The lowest BCUT2D eigenvalue weighted by atomic mass is 10.2. The summed E-state index contributed by atoms with van der Waals surface area (Å²) in [6.07, 6.45) is 2.12. The predicted octanol–water partition coefficient (Wildman–Crippen LogP) is 0.841. The van der Waals surface area contributed by atoms with Crippen molar-refractivity contribution in [2.45, 2.75) is 23.8 Å². The van der Waals surface area contributed by atoms with E-state index in [1.54, 1.807) is 0 Å². The van der Waals surface area contributed by atoms with E-state index in [2.05, 4.69) is 4.72 Å². The smallest absolute Gasteiger partial charge is 0.240 e. The normalized spacial score (nSPS) is 18.0. The van der Waals surface area contributed by atoms with Crippen LogP contribution >= 0.6 is 0 Å². The summed E-state index contributed by atoms with van der Waals surface area (Å²) in [4.78, 5) is -0.0690. The molecule has 0 aromatic heterocycles. The minimum atomic E-state index is -3.65. The molecule has 1 fully saturated rings. The summed E-state index contributed by atoms with van der Waals surface area (Å²) in [5, 5.41) is 0. The largest absolute Gasteiger partial charge is 0.326 e. The van der Waals surface area contributed by atoms with Crippen molar-refractivity contribution in [2.75, 3.05) is 6.54 Å². The van der Waals surface area contributed by atoms with Gasteiger partial charge in [0.1, 0.15) is 5.82 Å². The van der Waals surface area contributed by atoms with Crippen LogP contribution in [0.5, 0.6) is 0 Å². The summed E-state index contributed by atoms with van der Waals surface area (Å²) in [6, 6.07) is 4.76. The number of nitrogens with one attached hydrogen (secondary N) is 1. The number of hydrogen-bond acceptors (Lipinski definition) is 3. The summed E-state index contributed by atoms with van der Waals surface area (Å²) in [6.45, 7) is 0.198. The van der Waals surface area contributed by atoms with E-state index in [-0.39, 0.29) is 17.5 Å². The Morgan fingerprint density at radius 1 is 1.47 bits per heavy atom. The van der Waals surface area contributed by atoms with Crippen LogP contribution in [0.25, 0.3) is 0 Å². The topological polar surface area (TPSA) is 72.2 Å². The summed E-state index contributed by atoms with van der Waals surface area (Å²) in [5.74, 6) is -0.149. The molecule has 1 atom stereocenters. The number of rotatable bonds is 5. The zero-order valence-corrected chi connectivity index (χ0v) is 10.1. The minimum absolute atomic E-state index is 0.0690. The van der Waals surface area contributed by atoms with E-state index in [4.69, 9.17) is 5.73 Å². The van der Waals surface area contributed by atoms with Gasteiger partial charge in [0.2, 0.25) is 10.0 Å². The van der Waals surface area contributed by atoms with Crippen LogP contribution in [-0.4, -0.2) is 21.0 Å². The first kappa shape index (κ1) is 12.5. The van der Waals surface area contributed by atoms with Crippen LogP contribution in [0, 0.1) is 11.7 Å². The highest BCUT2D eigenvalue weighted by molar-refractivity contribution is 7.89. The molecule has 3 N–H and O–H groups in total. The molecule has 6 heteroatoms. The number of sulfonamides is 1. The average molecular weight is 258 g/mol. The van der Waals surface area contributed by atoms with Crippen LogP contribution in [0.3, 0.4) is 0 Å². The van der Waals surface area contributed by atoms with Gasteiger partial charge in [-0.3, -0.25) is 0 Å². The Balaban J connectivity index is 2.03. The van der Waals surface area contributed by atoms with E-state index in [1.165, 1.54) is 18.2 Å². The second kappa shape index (κ2) is 4.72.